The number of ether oxygens (including phenoxy) is 4. The maximum atomic E-state index is 14.2. The molecule has 0 radical (unpaired) electrons. The molecule has 0 saturated carbocycles. The van der Waals surface area contributed by atoms with Crippen LogP contribution in [0.3, 0.4) is 0 Å². The molecule has 0 bridgehead atoms. The van der Waals surface area contributed by atoms with E-state index in [2.05, 4.69) is 0 Å². The van der Waals surface area contributed by atoms with Crippen molar-refractivity contribution in [2.45, 2.75) is 49.6 Å². The lowest BCUT2D eigenvalue weighted by molar-refractivity contribution is -0.279. The third kappa shape index (κ3) is 6.00. The number of esters is 2. The van der Waals surface area contributed by atoms with Gasteiger partial charge in [-0.05, 0) is 25.0 Å². The molecule has 42 heavy (non-hydrogen) atoms. The predicted octanol–water partition coefficient (Wildman–Crippen LogP) is 7.10. The van der Waals surface area contributed by atoms with Gasteiger partial charge in [-0.2, -0.15) is 26.3 Å². The van der Waals surface area contributed by atoms with E-state index in [0.29, 0.717) is 0 Å². The zero-order valence-corrected chi connectivity index (χ0v) is 23.0. The highest BCUT2D eigenvalue weighted by molar-refractivity contribution is 5.83. The minimum Gasteiger partial charge on any atom is -0.455 e. The minimum absolute atomic E-state index is 0.261. The van der Waals surface area contributed by atoms with Crippen LogP contribution in [0.4, 0.5) is 26.3 Å². The zero-order valence-electron chi connectivity index (χ0n) is 23.0. The number of rotatable bonds is 10. The Morgan fingerprint density at radius 3 is 1.07 bits per heavy atom. The summed E-state index contributed by atoms with van der Waals surface area (Å²) in [6.45, 7) is 2.68. The van der Waals surface area contributed by atoms with Gasteiger partial charge in [0.2, 0.25) is 0 Å². The van der Waals surface area contributed by atoms with Crippen LogP contribution in [-0.2, 0) is 39.7 Å². The molecule has 0 aliphatic rings. The summed E-state index contributed by atoms with van der Waals surface area (Å²) in [7, 11) is 1.50. The Morgan fingerprint density at radius 2 is 0.833 bits per heavy atom. The molecule has 4 atom stereocenters. The van der Waals surface area contributed by atoms with Crippen LogP contribution in [0, 0.1) is 0 Å². The van der Waals surface area contributed by atoms with Gasteiger partial charge in [0, 0.05) is 25.3 Å². The molecule has 0 amide bonds. The molecule has 0 spiro atoms. The zero-order chi connectivity index (χ0) is 31.3. The fraction of sp³-hybridized carbons (Fsp3) is 0.333. The third-order valence-electron chi connectivity index (χ3n) is 6.79. The molecule has 12 heteroatoms. The minimum atomic E-state index is -5.16. The van der Waals surface area contributed by atoms with Gasteiger partial charge in [0.1, 0.15) is 12.2 Å². The Morgan fingerprint density at radius 1 is 0.548 bits per heavy atom. The Labute approximate surface area is 238 Å². The summed E-state index contributed by atoms with van der Waals surface area (Å²) in [6, 6.07) is 18.1. The van der Waals surface area contributed by atoms with Crippen LogP contribution in [0.15, 0.2) is 84.9 Å². The number of halogens is 6. The first-order valence-electron chi connectivity index (χ1n) is 12.5. The SMILES string of the molecule is CO[C@@](C(=O)O[C@H](C)c1ccc([C@@H](C)OC(=O)[C@](OC)(c2ccccc2)C(F)(F)F)cc1)(c1ccccc1)C(F)(F)F. The van der Waals surface area contributed by atoms with Crippen molar-refractivity contribution in [1.29, 1.82) is 0 Å². The normalized spacial score (nSPS) is 16.4. The van der Waals surface area contributed by atoms with Crippen molar-refractivity contribution < 1.29 is 54.9 Å². The molecule has 6 nitrogen and oxygen atoms in total. The standard InChI is InChI=1S/C30H28F6O6/c1-19(41-25(37)27(39-3,29(31,32)33)23-11-7-5-8-12-23)21-15-17-22(18-16-21)20(2)42-26(38)28(40-4,30(34,35)36)24-13-9-6-10-14-24/h5-20H,1-4H3/t19-,20-,27-,28-/m1/s1. The average molecular weight is 599 g/mol. The fourth-order valence-electron chi connectivity index (χ4n) is 4.44. The Hall–Kier alpha value is -3.90. The summed E-state index contributed by atoms with van der Waals surface area (Å²) in [5.74, 6) is -3.38. The van der Waals surface area contributed by atoms with Crippen LogP contribution in [0.1, 0.15) is 48.3 Å². The highest BCUT2D eigenvalue weighted by atomic mass is 19.4. The highest BCUT2D eigenvalue weighted by Gasteiger charge is 2.65. The number of benzene rings is 3. The molecule has 0 unspecified atom stereocenters. The molecule has 0 N–H and O–H groups in total. The number of carbonyl (C=O) groups excluding carboxylic acids is 2. The van der Waals surface area contributed by atoms with Crippen molar-refractivity contribution >= 4 is 11.9 Å². The maximum absolute atomic E-state index is 14.2. The van der Waals surface area contributed by atoms with Gasteiger partial charge >= 0.3 is 24.3 Å². The monoisotopic (exact) mass is 598 g/mol. The van der Waals surface area contributed by atoms with E-state index in [4.69, 9.17) is 18.9 Å². The Bertz CT molecular complexity index is 1240. The first kappa shape index (κ1) is 32.6. The smallest absolute Gasteiger partial charge is 0.432 e. The molecule has 0 aliphatic heterocycles. The lowest BCUT2D eigenvalue weighted by Gasteiger charge is -2.33. The second-order valence-electron chi connectivity index (χ2n) is 9.26. The molecule has 0 aromatic heterocycles. The average Bonchev–Trinajstić information content (AvgIpc) is 2.94. The molecule has 226 valence electrons. The van der Waals surface area contributed by atoms with Crippen molar-refractivity contribution in [3.05, 3.63) is 107 Å². The van der Waals surface area contributed by atoms with Crippen molar-refractivity contribution in [3.8, 4) is 0 Å². The Kier molecular flexibility index (Phi) is 9.74. The number of hydrogen-bond donors (Lipinski definition) is 0. The number of hydrogen-bond acceptors (Lipinski definition) is 6. The lowest BCUT2D eigenvalue weighted by atomic mass is 9.92. The molecule has 0 heterocycles. The molecule has 3 rings (SSSR count). The van der Waals surface area contributed by atoms with E-state index in [9.17, 15) is 35.9 Å². The largest absolute Gasteiger partial charge is 0.455 e. The van der Waals surface area contributed by atoms with Crippen LogP contribution in [0.25, 0.3) is 0 Å². The first-order chi connectivity index (χ1) is 19.7. The van der Waals surface area contributed by atoms with Crippen molar-refractivity contribution in [2.75, 3.05) is 14.2 Å². The van der Waals surface area contributed by atoms with E-state index in [-0.39, 0.29) is 11.1 Å². The molecular weight excluding hydrogens is 570 g/mol. The van der Waals surface area contributed by atoms with E-state index in [1.165, 1.54) is 74.5 Å². The summed E-state index contributed by atoms with van der Waals surface area (Å²) < 4.78 is 105. The maximum Gasteiger partial charge on any atom is 0.432 e. The van der Waals surface area contributed by atoms with E-state index >= 15 is 0 Å². The Balaban J connectivity index is 1.81. The summed E-state index contributed by atoms with van der Waals surface area (Å²) in [6.07, 6.45) is -12.7. The molecule has 3 aromatic rings. The highest BCUT2D eigenvalue weighted by Crippen LogP contribution is 2.45. The van der Waals surface area contributed by atoms with Crippen molar-refractivity contribution in [1.82, 2.24) is 0 Å². The summed E-state index contributed by atoms with van der Waals surface area (Å²) in [4.78, 5) is 25.8. The second-order valence-corrected chi connectivity index (χ2v) is 9.26. The summed E-state index contributed by atoms with van der Waals surface area (Å²) in [5.41, 5.74) is -7.17. The number of methoxy groups -OCH3 is 2. The number of carbonyl (C=O) groups is 2. The van der Waals surface area contributed by atoms with Gasteiger partial charge in [-0.3, -0.25) is 0 Å². The van der Waals surface area contributed by atoms with Gasteiger partial charge in [-0.25, -0.2) is 9.59 Å². The van der Waals surface area contributed by atoms with Gasteiger partial charge in [-0.15, -0.1) is 0 Å². The van der Waals surface area contributed by atoms with Crippen LogP contribution in [0.2, 0.25) is 0 Å². The molecule has 0 saturated heterocycles. The molecular formula is C30H28F6O6. The van der Waals surface area contributed by atoms with Gasteiger partial charge in [-0.1, -0.05) is 84.9 Å². The number of alkyl halides is 6. The van der Waals surface area contributed by atoms with Gasteiger partial charge in [0.05, 0.1) is 0 Å². The first-order valence-corrected chi connectivity index (χ1v) is 12.5. The summed E-state index contributed by atoms with van der Waals surface area (Å²) >= 11 is 0. The predicted molar refractivity (Wildman–Crippen MR) is 138 cm³/mol. The van der Waals surface area contributed by atoms with Crippen LogP contribution < -0.4 is 0 Å². The fourth-order valence-corrected chi connectivity index (χ4v) is 4.44. The van der Waals surface area contributed by atoms with Crippen molar-refractivity contribution in [2.24, 2.45) is 0 Å². The van der Waals surface area contributed by atoms with Crippen LogP contribution in [-0.4, -0.2) is 38.5 Å². The summed E-state index contributed by atoms with van der Waals surface area (Å²) in [5, 5.41) is 0. The lowest BCUT2D eigenvalue weighted by Crippen LogP contribution is -2.51. The molecule has 0 fully saturated rings. The van der Waals surface area contributed by atoms with Gasteiger partial charge in [0.25, 0.3) is 11.2 Å². The van der Waals surface area contributed by atoms with Gasteiger partial charge in [0.15, 0.2) is 0 Å². The second kappa shape index (κ2) is 12.5. The van der Waals surface area contributed by atoms with Crippen LogP contribution in [0.5, 0.6) is 0 Å². The topological polar surface area (TPSA) is 71.1 Å². The van der Waals surface area contributed by atoms with E-state index < -0.39 is 58.8 Å². The molecule has 0 aliphatic carbocycles. The van der Waals surface area contributed by atoms with E-state index in [0.717, 1.165) is 38.5 Å². The van der Waals surface area contributed by atoms with Crippen molar-refractivity contribution in [3.63, 3.8) is 0 Å². The molecule has 3 aromatic carbocycles. The van der Waals surface area contributed by atoms with Crippen LogP contribution >= 0.6 is 0 Å². The third-order valence-corrected chi connectivity index (χ3v) is 6.79. The van der Waals surface area contributed by atoms with Gasteiger partial charge < -0.3 is 18.9 Å². The quantitative estimate of drug-likeness (QED) is 0.183. The van der Waals surface area contributed by atoms with E-state index in [1.54, 1.807) is 0 Å². The van der Waals surface area contributed by atoms with E-state index in [1.807, 2.05) is 0 Å².